The van der Waals surface area contributed by atoms with Gasteiger partial charge in [-0.15, -0.1) is 0 Å². The molecule has 1 aromatic carbocycles. The highest BCUT2D eigenvalue weighted by atomic mass is 16.6. The number of methoxy groups -OCH3 is 1. The number of carboxylic acids is 1. The summed E-state index contributed by atoms with van der Waals surface area (Å²) in [5.74, 6) is -1.29. The first kappa shape index (κ1) is 19.4. The standard InChI is InChI=1S/C15H21N3O6/c1-4-5-11(15(20)21)16-9(2)14(19)17-12-8-10(18(22)23)6-7-13(12)24-3/h6-9,11,16H,4-5H2,1-3H3,(H,17,19)(H,20,21). The predicted octanol–water partition coefficient (Wildman–Crippen LogP) is 1.77. The minimum absolute atomic E-state index is 0.146. The number of carbonyl (C=O) groups excluding carboxylic acids is 1. The van der Waals surface area contributed by atoms with Gasteiger partial charge < -0.3 is 15.2 Å². The van der Waals surface area contributed by atoms with Crippen molar-refractivity contribution in [1.29, 1.82) is 0 Å². The summed E-state index contributed by atoms with van der Waals surface area (Å²) in [5, 5.41) is 25.2. The molecule has 0 saturated carbocycles. The van der Waals surface area contributed by atoms with E-state index in [0.29, 0.717) is 12.8 Å². The third kappa shape index (κ3) is 5.20. The Morgan fingerprint density at radius 2 is 2.08 bits per heavy atom. The number of amides is 1. The van der Waals surface area contributed by atoms with E-state index in [1.165, 1.54) is 32.2 Å². The lowest BCUT2D eigenvalue weighted by atomic mass is 10.1. The number of nitrogens with zero attached hydrogens (tertiary/aromatic N) is 1. The monoisotopic (exact) mass is 339 g/mol. The van der Waals surface area contributed by atoms with Crippen LogP contribution in [0.25, 0.3) is 0 Å². The van der Waals surface area contributed by atoms with Crippen LogP contribution in [0.3, 0.4) is 0 Å². The Kier molecular flexibility index (Phi) is 7.12. The number of nitro benzene ring substituents is 1. The molecular weight excluding hydrogens is 318 g/mol. The Morgan fingerprint density at radius 3 is 2.58 bits per heavy atom. The van der Waals surface area contributed by atoms with Gasteiger partial charge in [-0.3, -0.25) is 25.0 Å². The molecular formula is C15H21N3O6. The largest absolute Gasteiger partial charge is 0.495 e. The number of benzene rings is 1. The minimum Gasteiger partial charge on any atom is -0.495 e. The average molecular weight is 339 g/mol. The fraction of sp³-hybridized carbons (Fsp3) is 0.467. The van der Waals surface area contributed by atoms with Crippen LogP contribution in [0.2, 0.25) is 0 Å². The van der Waals surface area contributed by atoms with Crippen LogP contribution in [0.1, 0.15) is 26.7 Å². The summed E-state index contributed by atoms with van der Waals surface area (Å²) in [6, 6.07) is 2.18. The molecule has 2 unspecified atom stereocenters. The highest BCUT2D eigenvalue weighted by Crippen LogP contribution is 2.28. The molecule has 0 saturated heterocycles. The molecule has 1 amide bonds. The third-order valence-corrected chi connectivity index (χ3v) is 3.37. The van der Waals surface area contributed by atoms with Crippen LogP contribution >= 0.6 is 0 Å². The summed E-state index contributed by atoms with van der Waals surface area (Å²) in [6.07, 6.45) is 1.03. The lowest BCUT2D eigenvalue weighted by molar-refractivity contribution is -0.384. The number of hydrogen-bond donors (Lipinski definition) is 3. The van der Waals surface area contributed by atoms with E-state index in [9.17, 15) is 19.7 Å². The summed E-state index contributed by atoms with van der Waals surface area (Å²) < 4.78 is 5.07. The van der Waals surface area contributed by atoms with Crippen LogP contribution in [0.15, 0.2) is 18.2 Å². The van der Waals surface area contributed by atoms with Crippen molar-refractivity contribution in [2.75, 3.05) is 12.4 Å². The molecule has 132 valence electrons. The molecule has 9 heteroatoms. The van der Waals surface area contributed by atoms with Gasteiger partial charge in [-0.25, -0.2) is 0 Å². The van der Waals surface area contributed by atoms with Crippen LogP contribution in [0.4, 0.5) is 11.4 Å². The van der Waals surface area contributed by atoms with Gasteiger partial charge in [-0.2, -0.15) is 0 Å². The van der Waals surface area contributed by atoms with Crippen molar-refractivity contribution < 1.29 is 24.4 Å². The molecule has 1 aromatic rings. The lowest BCUT2D eigenvalue weighted by Crippen LogP contribution is -2.47. The number of carboxylic acid groups (broad SMARTS) is 1. The van der Waals surface area contributed by atoms with Crippen LogP contribution in [-0.4, -0.2) is 41.1 Å². The van der Waals surface area contributed by atoms with Crippen molar-refractivity contribution in [3.8, 4) is 5.75 Å². The molecule has 0 fully saturated rings. The third-order valence-electron chi connectivity index (χ3n) is 3.37. The number of nitro groups is 1. The number of nitrogens with one attached hydrogen (secondary N) is 2. The maximum absolute atomic E-state index is 12.2. The Labute approximate surface area is 139 Å². The van der Waals surface area contributed by atoms with E-state index in [0.717, 1.165) is 0 Å². The number of carbonyl (C=O) groups is 2. The van der Waals surface area contributed by atoms with E-state index >= 15 is 0 Å². The molecule has 24 heavy (non-hydrogen) atoms. The molecule has 2 atom stereocenters. The fourth-order valence-electron chi connectivity index (χ4n) is 2.09. The Hall–Kier alpha value is -2.68. The molecule has 0 heterocycles. The van der Waals surface area contributed by atoms with Crippen LogP contribution < -0.4 is 15.4 Å². The second-order valence-electron chi connectivity index (χ2n) is 5.20. The van der Waals surface area contributed by atoms with Gasteiger partial charge in [0.25, 0.3) is 5.69 Å². The second kappa shape index (κ2) is 8.82. The number of rotatable bonds is 9. The van der Waals surface area contributed by atoms with Crippen molar-refractivity contribution in [3.05, 3.63) is 28.3 Å². The number of anilines is 1. The van der Waals surface area contributed by atoms with E-state index in [-0.39, 0.29) is 17.1 Å². The summed E-state index contributed by atoms with van der Waals surface area (Å²) in [5.41, 5.74) is -0.0474. The Bertz CT molecular complexity index is 619. The molecule has 0 spiro atoms. The molecule has 0 aliphatic rings. The van der Waals surface area contributed by atoms with Crippen molar-refractivity contribution >= 4 is 23.3 Å². The van der Waals surface area contributed by atoms with E-state index in [1.807, 2.05) is 6.92 Å². The van der Waals surface area contributed by atoms with Crippen molar-refractivity contribution in [2.45, 2.75) is 38.8 Å². The van der Waals surface area contributed by atoms with E-state index < -0.39 is 28.9 Å². The van der Waals surface area contributed by atoms with Gasteiger partial charge >= 0.3 is 5.97 Å². The predicted molar refractivity (Wildman–Crippen MR) is 87.2 cm³/mol. The van der Waals surface area contributed by atoms with Crippen LogP contribution in [0.5, 0.6) is 5.75 Å². The van der Waals surface area contributed by atoms with E-state index in [4.69, 9.17) is 9.84 Å². The Morgan fingerprint density at radius 1 is 1.42 bits per heavy atom. The van der Waals surface area contributed by atoms with Crippen molar-refractivity contribution in [1.82, 2.24) is 5.32 Å². The summed E-state index contributed by atoms with van der Waals surface area (Å²) >= 11 is 0. The maximum atomic E-state index is 12.2. The normalized spacial score (nSPS) is 13.0. The number of hydrogen-bond acceptors (Lipinski definition) is 6. The highest BCUT2D eigenvalue weighted by molar-refractivity contribution is 5.96. The van der Waals surface area contributed by atoms with E-state index in [1.54, 1.807) is 0 Å². The number of aliphatic carboxylic acids is 1. The SMILES string of the molecule is CCCC(NC(C)C(=O)Nc1cc([N+](=O)[O-])ccc1OC)C(=O)O. The first-order valence-corrected chi connectivity index (χ1v) is 7.42. The average Bonchev–Trinajstić information content (AvgIpc) is 2.53. The smallest absolute Gasteiger partial charge is 0.320 e. The highest BCUT2D eigenvalue weighted by Gasteiger charge is 2.23. The minimum atomic E-state index is -1.04. The van der Waals surface area contributed by atoms with Gasteiger partial charge in [0.2, 0.25) is 5.91 Å². The zero-order valence-electron chi connectivity index (χ0n) is 13.7. The first-order chi connectivity index (χ1) is 11.3. The number of ether oxygens (including phenoxy) is 1. The quantitative estimate of drug-likeness (QED) is 0.461. The van der Waals surface area contributed by atoms with Crippen molar-refractivity contribution in [3.63, 3.8) is 0 Å². The topological polar surface area (TPSA) is 131 Å². The molecule has 0 aliphatic carbocycles. The molecule has 9 nitrogen and oxygen atoms in total. The number of non-ortho nitro benzene ring substituents is 1. The fourth-order valence-corrected chi connectivity index (χ4v) is 2.09. The van der Waals surface area contributed by atoms with Crippen molar-refractivity contribution in [2.24, 2.45) is 0 Å². The van der Waals surface area contributed by atoms with Gasteiger partial charge in [0.1, 0.15) is 11.8 Å². The van der Waals surface area contributed by atoms with E-state index in [2.05, 4.69) is 10.6 Å². The van der Waals surface area contributed by atoms with Crippen LogP contribution in [0, 0.1) is 10.1 Å². The molecule has 0 aliphatic heterocycles. The van der Waals surface area contributed by atoms with Gasteiger partial charge in [0.05, 0.1) is 23.8 Å². The molecule has 3 N–H and O–H groups in total. The van der Waals surface area contributed by atoms with Gasteiger partial charge in [0, 0.05) is 12.1 Å². The van der Waals surface area contributed by atoms with Crippen LogP contribution in [-0.2, 0) is 9.59 Å². The second-order valence-corrected chi connectivity index (χ2v) is 5.20. The lowest BCUT2D eigenvalue weighted by Gasteiger charge is -2.20. The summed E-state index contributed by atoms with van der Waals surface area (Å²) in [7, 11) is 1.38. The zero-order chi connectivity index (χ0) is 18.3. The van der Waals surface area contributed by atoms with Gasteiger partial charge in [-0.05, 0) is 19.4 Å². The summed E-state index contributed by atoms with van der Waals surface area (Å²) in [4.78, 5) is 33.6. The molecule has 0 bridgehead atoms. The Balaban J connectivity index is 2.87. The molecule has 0 radical (unpaired) electrons. The summed E-state index contributed by atoms with van der Waals surface area (Å²) in [6.45, 7) is 3.36. The first-order valence-electron chi connectivity index (χ1n) is 7.42. The van der Waals surface area contributed by atoms with Gasteiger partial charge in [0.15, 0.2) is 0 Å². The maximum Gasteiger partial charge on any atom is 0.320 e. The molecule has 1 rings (SSSR count). The zero-order valence-corrected chi connectivity index (χ0v) is 13.7. The van der Waals surface area contributed by atoms with Gasteiger partial charge in [-0.1, -0.05) is 13.3 Å². The molecule has 0 aromatic heterocycles.